The molecule has 0 radical (unpaired) electrons. The molecule has 1 atom stereocenters. The van der Waals surface area contributed by atoms with Crippen LogP contribution in [0.2, 0.25) is 0 Å². The molecule has 0 aliphatic carbocycles. The van der Waals surface area contributed by atoms with Gasteiger partial charge in [-0.05, 0) is 13.0 Å². The summed E-state index contributed by atoms with van der Waals surface area (Å²) in [6.07, 6.45) is 0.205. The average molecular weight is 327 g/mol. The summed E-state index contributed by atoms with van der Waals surface area (Å²) < 4.78 is 13.8. The summed E-state index contributed by atoms with van der Waals surface area (Å²) in [6.45, 7) is 1.81. The molecule has 1 heterocycles. The lowest BCUT2D eigenvalue weighted by Gasteiger charge is -2.25. The topological polar surface area (TPSA) is 33.2 Å². The molecule has 1 amide bonds. The Morgan fingerprint density at radius 3 is 2.81 bits per heavy atom. The summed E-state index contributed by atoms with van der Waals surface area (Å²) in [5, 5.41) is 2.57. The van der Waals surface area contributed by atoms with Gasteiger partial charge in [0, 0.05) is 18.0 Å². The summed E-state index contributed by atoms with van der Waals surface area (Å²) in [5.41, 5.74) is 1.28. The van der Waals surface area contributed by atoms with Gasteiger partial charge in [-0.1, -0.05) is 18.2 Å². The first-order chi connectivity index (χ1) is 10.0. The third-order valence-electron chi connectivity index (χ3n) is 3.37. The molecular weight excluding hydrogens is 311 g/mol. The molecule has 1 unspecified atom stereocenters. The van der Waals surface area contributed by atoms with Crippen molar-refractivity contribution in [2.45, 2.75) is 25.3 Å². The number of thiazole rings is 1. The number of hydrogen-bond donors (Lipinski definition) is 0. The van der Waals surface area contributed by atoms with E-state index in [0.717, 1.165) is 10.7 Å². The van der Waals surface area contributed by atoms with Crippen molar-refractivity contribution in [3.8, 4) is 0 Å². The van der Waals surface area contributed by atoms with Gasteiger partial charge in [0.1, 0.15) is 10.8 Å². The van der Waals surface area contributed by atoms with Gasteiger partial charge in [0.15, 0.2) is 0 Å². The maximum Gasteiger partial charge on any atom is 0.229 e. The molecule has 0 fully saturated rings. The van der Waals surface area contributed by atoms with Crippen LogP contribution >= 0.6 is 22.9 Å². The molecule has 0 saturated heterocycles. The zero-order valence-corrected chi connectivity index (χ0v) is 13.4. The molecule has 0 spiro atoms. The fraction of sp³-hybridized carbons (Fsp3) is 0.333. The minimum absolute atomic E-state index is 0.0961. The van der Waals surface area contributed by atoms with Crippen LogP contribution in [-0.2, 0) is 17.1 Å². The Hall–Kier alpha value is -1.46. The summed E-state index contributed by atoms with van der Waals surface area (Å²) in [7, 11) is 1.68. The van der Waals surface area contributed by atoms with Crippen molar-refractivity contribution in [2.24, 2.45) is 0 Å². The van der Waals surface area contributed by atoms with Crippen LogP contribution in [0, 0.1) is 5.82 Å². The van der Waals surface area contributed by atoms with E-state index in [0.29, 0.717) is 11.4 Å². The van der Waals surface area contributed by atoms with Gasteiger partial charge in [-0.2, -0.15) is 0 Å². The Balaban J connectivity index is 2.06. The number of benzene rings is 1. The van der Waals surface area contributed by atoms with Crippen LogP contribution in [0.25, 0.3) is 0 Å². The van der Waals surface area contributed by atoms with Crippen LogP contribution < -0.4 is 0 Å². The van der Waals surface area contributed by atoms with E-state index in [2.05, 4.69) is 4.98 Å². The normalized spacial score (nSPS) is 12.2. The van der Waals surface area contributed by atoms with Crippen molar-refractivity contribution in [1.82, 2.24) is 9.88 Å². The van der Waals surface area contributed by atoms with Gasteiger partial charge in [0.2, 0.25) is 5.91 Å². The highest BCUT2D eigenvalue weighted by molar-refractivity contribution is 7.09. The molecular formula is C15H16ClFN2OS. The van der Waals surface area contributed by atoms with Gasteiger partial charge >= 0.3 is 0 Å². The van der Waals surface area contributed by atoms with Crippen LogP contribution in [0.1, 0.15) is 29.2 Å². The average Bonchev–Trinajstić information content (AvgIpc) is 2.93. The molecule has 2 rings (SSSR count). The fourth-order valence-electron chi connectivity index (χ4n) is 1.98. The molecule has 112 valence electrons. The number of aromatic nitrogens is 1. The number of likely N-dealkylation sites (N-methyl/N-ethyl adjacent to an activating group) is 1. The summed E-state index contributed by atoms with van der Waals surface area (Å²) in [5.74, 6) is -0.0591. The zero-order chi connectivity index (χ0) is 15.4. The minimum Gasteiger partial charge on any atom is -0.339 e. The first-order valence-corrected chi connectivity index (χ1v) is 7.93. The van der Waals surface area contributed by atoms with Crippen LogP contribution in [0.3, 0.4) is 0 Å². The van der Waals surface area contributed by atoms with Crippen molar-refractivity contribution < 1.29 is 9.18 Å². The van der Waals surface area contributed by atoms with Gasteiger partial charge in [-0.15, -0.1) is 22.9 Å². The second kappa shape index (κ2) is 7.00. The van der Waals surface area contributed by atoms with Crippen LogP contribution in [0.15, 0.2) is 29.6 Å². The molecule has 2 aromatic rings. The fourth-order valence-corrected chi connectivity index (χ4v) is 3.00. The Morgan fingerprint density at radius 2 is 2.19 bits per heavy atom. The number of rotatable bonds is 5. The van der Waals surface area contributed by atoms with Crippen molar-refractivity contribution in [2.75, 3.05) is 7.05 Å². The Kier molecular flexibility index (Phi) is 5.31. The number of alkyl halides is 1. The maximum absolute atomic E-state index is 13.8. The van der Waals surface area contributed by atoms with E-state index in [9.17, 15) is 9.18 Å². The van der Waals surface area contributed by atoms with Gasteiger partial charge in [-0.3, -0.25) is 4.79 Å². The van der Waals surface area contributed by atoms with E-state index >= 15 is 0 Å². The van der Waals surface area contributed by atoms with Gasteiger partial charge in [0.05, 0.1) is 24.0 Å². The minimum atomic E-state index is -0.328. The number of carbonyl (C=O) groups excluding carboxylic acids is 1. The lowest BCUT2D eigenvalue weighted by molar-refractivity contribution is -0.131. The summed E-state index contributed by atoms with van der Waals surface area (Å²) in [4.78, 5) is 18.1. The highest BCUT2D eigenvalue weighted by Gasteiger charge is 2.20. The highest BCUT2D eigenvalue weighted by Crippen LogP contribution is 2.22. The largest absolute Gasteiger partial charge is 0.339 e. The number of halogens is 2. The second-order valence-electron chi connectivity index (χ2n) is 4.75. The molecule has 0 aliphatic rings. The van der Waals surface area contributed by atoms with Gasteiger partial charge < -0.3 is 4.90 Å². The summed E-state index contributed by atoms with van der Waals surface area (Å²) in [6, 6.07) is 6.17. The Bertz CT molecular complexity index is 632. The van der Waals surface area contributed by atoms with E-state index in [4.69, 9.17) is 11.6 Å². The molecule has 0 saturated carbocycles. The Morgan fingerprint density at radius 1 is 1.48 bits per heavy atom. The molecule has 21 heavy (non-hydrogen) atoms. The molecule has 0 aliphatic heterocycles. The highest BCUT2D eigenvalue weighted by atomic mass is 35.5. The predicted molar refractivity (Wildman–Crippen MR) is 83.0 cm³/mol. The predicted octanol–water partition coefficient (Wildman–Crippen LogP) is 3.78. The first kappa shape index (κ1) is 15.9. The monoisotopic (exact) mass is 326 g/mol. The van der Waals surface area contributed by atoms with E-state index in [-0.39, 0.29) is 24.2 Å². The van der Waals surface area contributed by atoms with E-state index in [1.165, 1.54) is 17.4 Å². The molecule has 1 aromatic heterocycles. The lowest BCUT2D eigenvalue weighted by Crippen LogP contribution is -2.31. The molecule has 0 N–H and O–H groups in total. The molecule has 0 bridgehead atoms. The smallest absolute Gasteiger partial charge is 0.229 e. The van der Waals surface area contributed by atoms with E-state index < -0.39 is 0 Å². The van der Waals surface area contributed by atoms with Crippen molar-refractivity contribution in [1.29, 1.82) is 0 Å². The second-order valence-corrected chi connectivity index (χ2v) is 5.96. The lowest BCUT2D eigenvalue weighted by atomic mass is 10.1. The van der Waals surface area contributed by atoms with E-state index in [1.54, 1.807) is 30.1 Å². The number of hydrogen-bond acceptors (Lipinski definition) is 3. The quantitative estimate of drug-likeness (QED) is 0.783. The van der Waals surface area contributed by atoms with Gasteiger partial charge in [-0.25, -0.2) is 9.37 Å². The zero-order valence-electron chi connectivity index (χ0n) is 11.8. The standard InChI is InChI=1S/C15H16ClFN2OS/c1-10(12-5-3-4-6-13(12)17)19(2)15(20)7-14-18-11(8-16)9-21-14/h3-6,9-10H,7-8H2,1-2H3. The number of nitrogens with zero attached hydrogens (tertiary/aromatic N) is 2. The van der Waals surface area contributed by atoms with Gasteiger partial charge in [0.25, 0.3) is 0 Å². The molecule has 3 nitrogen and oxygen atoms in total. The van der Waals surface area contributed by atoms with E-state index in [1.807, 2.05) is 12.3 Å². The summed E-state index contributed by atoms with van der Waals surface area (Å²) >= 11 is 7.11. The van der Waals surface area contributed by atoms with Crippen LogP contribution in [0.4, 0.5) is 4.39 Å². The third kappa shape index (κ3) is 3.80. The van der Waals surface area contributed by atoms with Crippen LogP contribution in [0.5, 0.6) is 0 Å². The Labute approximate surface area is 132 Å². The van der Waals surface area contributed by atoms with Crippen molar-refractivity contribution >= 4 is 28.8 Å². The first-order valence-electron chi connectivity index (χ1n) is 6.52. The van der Waals surface area contributed by atoms with Crippen molar-refractivity contribution in [3.05, 3.63) is 51.7 Å². The molecule has 1 aromatic carbocycles. The van der Waals surface area contributed by atoms with Crippen molar-refractivity contribution in [3.63, 3.8) is 0 Å². The third-order valence-corrected chi connectivity index (χ3v) is 4.54. The SMILES string of the molecule is CC(c1ccccc1F)N(C)C(=O)Cc1nc(CCl)cs1. The van der Waals surface area contributed by atoms with Crippen LogP contribution in [-0.4, -0.2) is 22.8 Å². The number of amides is 1. The molecule has 6 heteroatoms. The number of carbonyl (C=O) groups is 1. The maximum atomic E-state index is 13.8.